The van der Waals surface area contributed by atoms with E-state index >= 15 is 0 Å². The summed E-state index contributed by atoms with van der Waals surface area (Å²) in [7, 11) is 0. The van der Waals surface area contributed by atoms with Crippen LogP contribution in [0.2, 0.25) is 0 Å². The summed E-state index contributed by atoms with van der Waals surface area (Å²) in [6, 6.07) is 5.25. The van der Waals surface area contributed by atoms with Gasteiger partial charge in [-0.25, -0.2) is 0 Å². The van der Waals surface area contributed by atoms with Crippen LogP contribution < -0.4 is 5.32 Å². The molecule has 0 bridgehead atoms. The summed E-state index contributed by atoms with van der Waals surface area (Å²) in [5.41, 5.74) is 0.592. The smallest absolute Gasteiger partial charge is 0.269 e. The van der Waals surface area contributed by atoms with Crippen molar-refractivity contribution in [1.82, 2.24) is 10.3 Å². The maximum absolute atomic E-state index is 11.7. The highest BCUT2D eigenvalue weighted by molar-refractivity contribution is 6.21. The maximum atomic E-state index is 11.7. The van der Waals surface area contributed by atoms with E-state index < -0.39 is 0 Å². The monoisotopic (exact) mass is 254 g/mol. The van der Waals surface area contributed by atoms with Gasteiger partial charge in [0.25, 0.3) is 5.91 Å². The van der Waals surface area contributed by atoms with Crippen molar-refractivity contribution in [2.24, 2.45) is 5.41 Å². The highest BCUT2D eigenvalue weighted by Gasteiger charge is 2.17. The Kier molecular flexibility index (Phi) is 4.94. The van der Waals surface area contributed by atoms with Gasteiger partial charge in [-0.3, -0.25) is 9.78 Å². The van der Waals surface area contributed by atoms with Crippen LogP contribution in [0.1, 0.15) is 37.7 Å². The average Bonchev–Trinajstić information content (AvgIpc) is 2.25. The zero-order valence-corrected chi connectivity index (χ0v) is 11.3. The lowest BCUT2D eigenvalue weighted by Crippen LogP contribution is -2.32. The van der Waals surface area contributed by atoms with E-state index in [4.69, 9.17) is 11.6 Å². The maximum Gasteiger partial charge on any atom is 0.269 e. The number of carbonyl (C=O) groups is 1. The highest BCUT2D eigenvalue weighted by atomic mass is 35.5. The van der Waals surface area contributed by atoms with Crippen LogP contribution in [0.5, 0.6) is 0 Å². The van der Waals surface area contributed by atoms with Gasteiger partial charge in [0.05, 0.1) is 5.38 Å². The molecule has 1 rings (SSSR count). The van der Waals surface area contributed by atoms with Crippen LogP contribution in [-0.2, 0) is 0 Å². The summed E-state index contributed by atoms with van der Waals surface area (Å²) in [5, 5.41) is 2.73. The topological polar surface area (TPSA) is 42.0 Å². The zero-order chi connectivity index (χ0) is 12.9. The van der Waals surface area contributed by atoms with Crippen LogP contribution in [-0.4, -0.2) is 22.8 Å². The molecule has 0 spiro atoms. The van der Waals surface area contributed by atoms with Crippen LogP contribution in [0, 0.1) is 5.41 Å². The number of carbonyl (C=O) groups excluding carboxylic acids is 1. The molecule has 0 aliphatic heterocycles. The van der Waals surface area contributed by atoms with E-state index in [1.165, 1.54) is 0 Å². The second-order valence-electron chi connectivity index (χ2n) is 5.29. The molecule has 1 atom stereocenters. The molecule has 0 saturated heterocycles. The van der Waals surface area contributed by atoms with Crippen molar-refractivity contribution in [3.8, 4) is 0 Å². The Bertz CT molecular complexity index is 359. The fraction of sp³-hybridized carbons (Fsp3) is 0.538. The summed E-state index contributed by atoms with van der Waals surface area (Å²) in [6.45, 7) is 6.85. The number of rotatable bonds is 4. The first-order chi connectivity index (χ1) is 7.88. The molecule has 3 nitrogen and oxygen atoms in total. The Morgan fingerprint density at radius 2 is 2.18 bits per heavy atom. The second-order valence-corrected chi connectivity index (χ2v) is 5.90. The number of pyridine rings is 1. The van der Waals surface area contributed by atoms with E-state index in [0.717, 1.165) is 6.42 Å². The SMILES string of the molecule is CC(C)(C)CC(Cl)CNC(=O)c1ccccn1. The molecule has 1 N–H and O–H groups in total. The third-order valence-corrected chi connectivity index (χ3v) is 2.52. The molecule has 0 aliphatic rings. The van der Waals surface area contributed by atoms with Gasteiger partial charge in [0.1, 0.15) is 5.69 Å². The van der Waals surface area contributed by atoms with E-state index in [9.17, 15) is 4.79 Å². The van der Waals surface area contributed by atoms with Crippen molar-refractivity contribution in [2.45, 2.75) is 32.6 Å². The minimum atomic E-state index is -0.176. The summed E-state index contributed by atoms with van der Waals surface area (Å²) >= 11 is 6.16. The second kappa shape index (κ2) is 6.01. The molecule has 94 valence electrons. The molecule has 0 radical (unpaired) electrons. The third kappa shape index (κ3) is 5.68. The summed E-state index contributed by atoms with van der Waals surface area (Å²) < 4.78 is 0. The van der Waals surface area contributed by atoms with Gasteiger partial charge in [0.15, 0.2) is 0 Å². The Hall–Kier alpha value is -1.09. The molecule has 0 saturated carbocycles. The zero-order valence-electron chi connectivity index (χ0n) is 10.5. The Labute approximate surface area is 108 Å². The van der Waals surface area contributed by atoms with E-state index in [2.05, 4.69) is 31.1 Å². The van der Waals surface area contributed by atoms with Gasteiger partial charge in [-0.2, -0.15) is 0 Å². The Morgan fingerprint density at radius 3 is 2.71 bits per heavy atom. The van der Waals surface area contributed by atoms with Gasteiger partial charge in [-0.15, -0.1) is 11.6 Å². The number of nitrogens with one attached hydrogen (secondary N) is 1. The highest BCUT2D eigenvalue weighted by Crippen LogP contribution is 2.23. The van der Waals surface area contributed by atoms with Crippen LogP contribution >= 0.6 is 11.6 Å². The molecule has 4 heteroatoms. The molecular weight excluding hydrogens is 236 g/mol. The number of hydrogen-bond acceptors (Lipinski definition) is 2. The number of hydrogen-bond donors (Lipinski definition) is 1. The van der Waals surface area contributed by atoms with Gasteiger partial charge in [-0.1, -0.05) is 26.8 Å². The molecule has 1 aromatic heterocycles. The molecule has 0 aliphatic carbocycles. The minimum Gasteiger partial charge on any atom is -0.349 e. The predicted molar refractivity (Wildman–Crippen MR) is 70.3 cm³/mol. The molecule has 17 heavy (non-hydrogen) atoms. The van der Waals surface area contributed by atoms with Crippen molar-refractivity contribution in [3.63, 3.8) is 0 Å². The fourth-order valence-electron chi connectivity index (χ4n) is 1.53. The minimum absolute atomic E-state index is 0.0531. The van der Waals surface area contributed by atoms with Gasteiger partial charge in [0.2, 0.25) is 0 Å². The van der Waals surface area contributed by atoms with E-state index in [-0.39, 0.29) is 16.7 Å². The van der Waals surface area contributed by atoms with Crippen LogP contribution in [0.15, 0.2) is 24.4 Å². The van der Waals surface area contributed by atoms with E-state index in [0.29, 0.717) is 12.2 Å². The average molecular weight is 255 g/mol. The standard InChI is InChI=1S/C13H19ClN2O/c1-13(2,3)8-10(14)9-16-12(17)11-6-4-5-7-15-11/h4-7,10H,8-9H2,1-3H3,(H,16,17). The first kappa shape index (κ1) is 14.0. The van der Waals surface area contributed by atoms with Crippen molar-refractivity contribution in [2.75, 3.05) is 6.54 Å². The predicted octanol–water partition coefficient (Wildman–Crippen LogP) is 2.86. The van der Waals surface area contributed by atoms with E-state index in [1.807, 2.05) is 0 Å². The normalized spacial score (nSPS) is 13.2. The molecule has 1 unspecified atom stereocenters. The number of aromatic nitrogens is 1. The van der Waals surface area contributed by atoms with Gasteiger partial charge < -0.3 is 5.32 Å². The third-order valence-electron chi connectivity index (χ3n) is 2.22. The quantitative estimate of drug-likeness (QED) is 0.840. The number of halogens is 1. The molecule has 0 fully saturated rings. The molecule has 1 amide bonds. The van der Waals surface area contributed by atoms with E-state index in [1.54, 1.807) is 24.4 Å². The van der Waals surface area contributed by atoms with Crippen molar-refractivity contribution in [3.05, 3.63) is 30.1 Å². The fourth-order valence-corrected chi connectivity index (χ4v) is 2.07. The first-order valence-corrected chi connectivity index (χ1v) is 6.15. The van der Waals surface area contributed by atoms with Gasteiger partial charge in [-0.05, 0) is 24.0 Å². The lowest BCUT2D eigenvalue weighted by molar-refractivity contribution is 0.0947. The van der Waals surface area contributed by atoms with Crippen molar-refractivity contribution >= 4 is 17.5 Å². The lowest BCUT2D eigenvalue weighted by Gasteiger charge is -2.21. The van der Waals surface area contributed by atoms with Crippen LogP contribution in [0.25, 0.3) is 0 Å². The number of nitrogens with zero attached hydrogens (tertiary/aromatic N) is 1. The van der Waals surface area contributed by atoms with Gasteiger partial charge >= 0.3 is 0 Å². The van der Waals surface area contributed by atoms with Crippen LogP contribution in [0.4, 0.5) is 0 Å². The largest absolute Gasteiger partial charge is 0.349 e. The molecule has 1 heterocycles. The molecule has 1 aromatic rings. The van der Waals surface area contributed by atoms with Crippen molar-refractivity contribution < 1.29 is 4.79 Å². The lowest BCUT2D eigenvalue weighted by atomic mass is 9.90. The Balaban J connectivity index is 2.39. The Morgan fingerprint density at radius 1 is 1.47 bits per heavy atom. The molecule has 0 aromatic carbocycles. The summed E-state index contributed by atoms with van der Waals surface area (Å²) in [4.78, 5) is 15.7. The summed E-state index contributed by atoms with van der Waals surface area (Å²) in [6.07, 6.45) is 2.46. The number of amides is 1. The molecular formula is C13H19ClN2O. The van der Waals surface area contributed by atoms with Gasteiger partial charge in [0, 0.05) is 12.7 Å². The summed E-state index contributed by atoms with van der Waals surface area (Å²) in [5.74, 6) is -0.176. The van der Waals surface area contributed by atoms with Crippen LogP contribution in [0.3, 0.4) is 0 Å². The first-order valence-electron chi connectivity index (χ1n) is 5.72. The number of alkyl halides is 1. The van der Waals surface area contributed by atoms with Crippen molar-refractivity contribution in [1.29, 1.82) is 0 Å².